The quantitative estimate of drug-likeness (QED) is 0.791. The van der Waals surface area contributed by atoms with E-state index in [-0.39, 0.29) is 0 Å². The molecule has 2 saturated heterocycles. The third-order valence-corrected chi connectivity index (χ3v) is 4.61. The summed E-state index contributed by atoms with van der Waals surface area (Å²) in [4.78, 5) is 2.49. The number of anilines is 1. The lowest BCUT2D eigenvalue weighted by atomic mass is 10.0. The largest absolute Gasteiger partial charge is 0.381 e. The molecule has 4 nitrogen and oxygen atoms in total. The number of piperidine rings is 1. The Morgan fingerprint density at radius 3 is 2.44 bits per heavy atom. The minimum atomic E-state index is 0.447. The molecule has 0 radical (unpaired) electrons. The first-order valence-corrected chi connectivity index (χ1v) is 6.71. The van der Waals surface area contributed by atoms with Crippen molar-refractivity contribution in [1.29, 1.82) is 0 Å². The molecule has 0 aliphatic carbocycles. The van der Waals surface area contributed by atoms with E-state index in [0.717, 1.165) is 23.0 Å². The van der Waals surface area contributed by atoms with Crippen molar-refractivity contribution < 1.29 is 4.74 Å². The number of fused-ring (bicyclic) bond motifs is 2. The molecule has 1 aromatic rings. The molecule has 0 amide bonds. The summed E-state index contributed by atoms with van der Waals surface area (Å²) < 4.78 is 5.50. The highest BCUT2D eigenvalue weighted by Gasteiger charge is 2.42. The number of nitrogens with zero attached hydrogens (tertiary/aromatic N) is 3. The van der Waals surface area contributed by atoms with Gasteiger partial charge in [0.1, 0.15) is 5.01 Å². The predicted octanol–water partition coefficient (Wildman–Crippen LogP) is 1.99. The number of hydrogen-bond acceptors (Lipinski definition) is 5. The van der Waals surface area contributed by atoms with Crippen LogP contribution in [0.1, 0.15) is 30.7 Å². The van der Waals surface area contributed by atoms with Crippen LogP contribution in [0.25, 0.3) is 0 Å². The van der Waals surface area contributed by atoms with Gasteiger partial charge in [0.25, 0.3) is 0 Å². The second-order valence-corrected chi connectivity index (χ2v) is 5.89. The Balaban J connectivity index is 1.83. The molecule has 88 valence electrons. The average molecular weight is 239 g/mol. The molecule has 16 heavy (non-hydrogen) atoms. The maximum Gasteiger partial charge on any atom is 0.208 e. The van der Waals surface area contributed by atoms with E-state index in [1.165, 1.54) is 12.8 Å². The van der Waals surface area contributed by atoms with Gasteiger partial charge in [-0.2, -0.15) is 0 Å². The highest BCUT2D eigenvalue weighted by molar-refractivity contribution is 7.15. The van der Waals surface area contributed by atoms with Crippen LogP contribution < -0.4 is 4.90 Å². The molecular weight excluding hydrogens is 222 g/mol. The molecule has 5 heteroatoms. The first kappa shape index (κ1) is 10.5. The zero-order valence-electron chi connectivity index (χ0n) is 9.72. The zero-order valence-corrected chi connectivity index (χ0v) is 10.5. The number of rotatable bonds is 2. The summed E-state index contributed by atoms with van der Waals surface area (Å²) in [6, 6.07) is 1.24. The Morgan fingerprint density at radius 1 is 1.25 bits per heavy atom. The summed E-state index contributed by atoms with van der Waals surface area (Å²) in [5.74, 6) is 0. The van der Waals surface area contributed by atoms with E-state index in [2.05, 4.69) is 15.1 Å². The van der Waals surface area contributed by atoms with Gasteiger partial charge < -0.3 is 9.64 Å². The Morgan fingerprint density at radius 2 is 1.94 bits per heavy atom. The number of aromatic nitrogens is 2. The zero-order chi connectivity index (χ0) is 11.1. The van der Waals surface area contributed by atoms with E-state index in [4.69, 9.17) is 4.74 Å². The second-order valence-electron chi connectivity index (χ2n) is 4.73. The van der Waals surface area contributed by atoms with Gasteiger partial charge in [-0.3, -0.25) is 0 Å². The van der Waals surface area contributed by atoms with Crippen molar-refractivity contribution in [2.75, 3.05) is 12.0 Å². The molecule has 2 atom stereocenters. The Hall–Kier alpha value is -0.680. The molecule has 0 aromatic carbocycles. The molecule has 2 aliphatic rings. The molecule has 0 spiro atoms. The molecule has 2 bridgehead atoms. The SMILES string of the molecule is COC1CC2CCC(C1)N2c1nnc(C)s1. The van der Waals surface area contributed by atoms with Crippen LogP contribution in [-0.4, -0.2) is 35.5 Å². The molecule has 3 rings (SSSR count). The summed E-state index contributed by atoms with van der Waals surface area (Å²) in [5, 5.41) is 10.6. The van der Waals surface area contributed by atoms with Crippen LogP contribution in [0, 0.1) is 6.92 Å². The molecule has 2 aliphatic heterocycles. The van der Waals surface area contributed by atoms with E-state index >= 15 is 0 Å². The van der Waals surface area contributed by atoms with Crippen LogP contribution in [0.2, 0.25) is 0 Å². The van der Waals surface area contributed by atoms with Crippen LogP contribution in [-0.2, 0) is 4.74 Å². The maximum atomic E-state index is 5.50. The number of aryl methyl sites for hydroxylation is 1. The summed E-state index contributed by atoms with van der Waals surface area (Å²) in [6.07, 6.45) is 5.30. The van der Waals surface area contributed by atoms with Gasteiger partial charge in [0.2, 0.25) is 5.13 Å². The van der Waals surface area contributed by atoms with E-state index < -0.39 is 0 Å². The Kier molecular flexibility index (Phi) is 2.59. The molecule has 1 aromatic heterocycles. The minimum absolute atomic E-state index is 0.447. The van der Waals surface area contributed by atoms with Crippen LogP contribution in [0.15, 0.2) is 0 Å². The summed E-state index contributed by atoms with van der Waals surface area (Å²) in [6.45, 7) is 2.02. The van der Waals surface area contributed by atoms with Crippen LogP contribution in [0.3, 0.4) is 0 Å². The standard InChI is InChI=1S/C11H17N3OS/c1-7-12-13-11(16-7)14-8-3-4-9(14)6-10(5-8)15-2/h8-10H,3-6H2,1-2H3. The minimum Gasteiger partial charge on any atom is -0.381 e. The first-order valence-electron chi connectivity index (χ1n) is 5.89. The van der Waals surface area contributed by atoms with Crippen LogP contribution >= 0.6 is 11.3 Å². The summed E-state index contributed by atoms with van der Waals surface area (Å²) in [7, 11) is 1.83. The third-order valence-electron chi connectivity index (χ3n) is 3.76. The molecule has 0 saturated carbocycles. The topological polar surface area (TPSA) is 38.2 Å². The Bertz CT molecular complexity index is 367. The second kappa shape index (κ2) is 3.96. The fraction of sp³-hybridized carbons (Fsp3) is 0.818. The van der Waals surface area contributed by atoms with Gasteiger partial charge in [-0.15, -0.1) is 10.2 Å². The fourth-order valence-electron chi connectivity index (χ4n) is 3.02. The van der Waals surface area contributed by atoms with Crippen molar-refractivity contribution >= 4 is 16.5 Å². The average Bonchev–Trinajstić information content (AvgIpc) is 2.80. The number of hydrogen-bond donors (Lipinski definition) is 0. The summed E-state index contributed by atoms with van der Waals surface area (Å²) >= 11 is 1.71. The van der Waals surface area contributed by atoms with Crippen LogP contribution in [0.5, 0.6) is 0 Å². The van der Waals surface area contributed by atoms with E-state index in [0.29, 0.717) is 18.2 Å². The van der Waals surface area contributed by atoms with E-state index in [1.54, 1.807) is 11.3 Å². The van der Waals surface area contributed by atoms with Gasteiger partial charge in [-0.05, 0) is 32.6 Å². The Labute approximate surface area is 99.6 Å². The number of ether oxygens (including phenoxy) is 1. The van der Waals surface area contributed by atoms with Gasteiger partial charge >= 0.3 is 0 Å². The van der Waals surface area contributed by atoms with Gasteiger partial charge in [-0.1, -0.05) is 11.3 Å². The van der Waals surface area contributed by atoms with Crippen LogP contribution in [0.4, 0.5) is 5.13 Å². The lowest BCUT2D eigenvalue weighted by Crippen LogP contribution is -2.45. The van der Waals surface area contributed by atoms with Crippen molar-refractivity contribution in [3.8, 4) is 0 Å². The molecule has 2 unspecified atom stereocenters. The molecular formula is C11H17N3OS. The molecule has 3 heterocycles. The van der Waals surface area contributed by atoms with Crippen molar-refractivity contribution in [1.82, 2.24) is 10.2 Å². The van der Waals surface area contributed by atoms with Gasteiger partial charge in [0.15, 0.2) is 0 Å². The third kappa shape index (κ3) is 1.62. The predicted molar refractivity (Wildman–Crippen MR) is 64.0 cm³/mol. The van der Waals surface area contributed by atoms with Gasteiger partial charge in [0, 0.05) is 19.2 Å². The van der Waals surface area contributed by atoms with E-state index in [1.807, 2.05) is 14.0 Å². The lowest BCUT2D eigenvalue weighted by molar-refractivity contribution is 0.0683. The smallest absolute Gasteiger partial charge is 0.208 e. The van der Waals surface area contributed by atoms with Crippen molar-refractivity contribution in [3.05, 3.63) is 5.01 Å². The van der Waals surface area contributed by atoms with Crippen molar-refractivity contribution in [2.45, 2.75) is 50.8 Å². The fourth-order valence-corrected chi connectivity index (χ4v) is 3.85. The highest BCUT2D eigenvalue weighted by atomic mass is 32.1. The molecule has 2 fully saturated rings. The maximum absolute atomic E-state index is 5.50. The highest BCUT2D eigenvalue weighted by Crippen LogP contribution is 2.40. The monoisotopic (exact) mass is 239 g/mol. The lowest BCUT2D eigenvalue weighted by Gasteiger charge is -2.37. The van der Waals surface area contributed by atoms with E-state index in [9.17, 15) is 0 Å². The number of methoxy groups -OCH3 is 1. The summed E-state index contributed by atoms with van der Waals surface area (Å²) in [5.41, 5.74) is 0. The van der Waals surface area contributed by atoms with Crippen molar-refractivity contribution in [2.24, 2.45) is 0 Å². The first-order chi connectivity index (χ1) is 7.78. The normalized spacial score (nSPS) is 33.4. The van der Waals surface area contributed by atoms with Gasteiger partial charge in [-0.25, -0.2) is 0 Å². The molecule has 0 N–H and O–H groups in total. The van der Waals surface area contributed by atoms with Gasteiger partial charge in [0.05, 0.1) is 6.10 Å². The van der Waals surface area contributed by atoms with Crippen molar-refractivity contribution in [3.63, 3.8) is 0 Å².